The summed E-state index contributed by atoms with van der Waals surface area (Å²) in [5, 5.41) is 0. The lowest BCUT2D eigenvalue weighted by Crippen LogP contribution is -2.13. The first-order chi connectivity index (χ1) is 7.11. The largest absolute Gasteiger partial charge is 0.497 e. The lowest BCUT2D eigenvalue weighted by atomic mass is 10.1. The summed E-state index contributed by atoms with van der Waals surface area (Å²) < 4.78 is 5.11. The first-order valence-electron chi connectivity index (χ1n) is 5.08. The topological polar surface area (TPSA) is 12.5 Å². The first kappa shape index (κ1) is 11.8. The van der Waals surface area contributed by atoms with Gasteiger partial charge in [-0.25, -0.2) is 0 Å². The van der Waals surface area contributed by atoms with E-state index in [1.54, 1.807) is 7.11 Å². The van der Waals surface area contributed by atoms with Gasteiger partial charge in [0.2, 0.25) is 0 Å². The third kappa shape index (κ3) is 4.17. The summed E-state index contributed by atoms with van der Waals surface area (Å²) in [4.78, 5) is 2.16. The van der Waals surface area contributed by atoms with Gasteiger partial charge in [0, 0.05) is 6.54 Å². The molecular weight excluding hydrogens is 186 g/mol. The van der Waals surface area contributed by atoms with Crippen LogP contribution in [0.2, 0.25) is 0 Å². The zero-order chi connectivity index (χ0) is 11.3. The molecule has 0 aromatic heterocycles. The van der Waals surface area contributed by atoms with E-state index in [1.807, 2.05) is 12.1 Å². The smallest absolute Gasteiger partial charge is 0.118 e. The molecule has 0 saturated heterocycles. The highest BCUT2D eigenvalue weighted by Crippen LogP contribution is 2.13. The molecule has 82 valence electrons. The Morgan fingerprint density at radius 2 is 1.87 bits per heavy atom. The van der Waals surface area contributed by atoms with Crippen molar-refractivity contribution in [2.24, 2.45) is 0 Å². The zero-order valence-electron chi connectivity index (χ0n) is 9.95. The Morgan fingerprint density at radius 1 is 1.27 bits per heavy atom. The van der Waals surface area contributed by atoms with Crippen LogP contribution < -0.4 is 4.74 Å². The van der Waals surface area contributed by atoms with Gasteiger partial charge in [0.1, 0.15) is 5.75 Å². The molecule has 0 radical (unpaired) electrons. The normalized spacial score (nSPS) is 11.9. The zero-order valence-corrected chi connectivity index (χ0v) is 9.95. The third-order valence-corrected chi connectivity index (χ3v) is 2.09. The maximum absolute atomic E-state index is 5.11. The van der Waals surface area contributed by atoms with Crippen molar-refractivity contribution >= 4 is 6.08 Å². The standard InChI is InChI=1S/C13H19NO/c1-11(10-14(2)3)9-12-5-7-13(15-4)8-6-12/h5-9H,10H2,1-4H3. The summed E-state index contributed by atoms with van der Waals surface area (Å²) in [5.41, 5.74) is 2.57. The van der Waals surface area contributed by atoms with Crippen LogP contribution in [0.25, 0.3) is 6.08 Å². The number of methoxy groups -OCH3 is 1. The lowest BCUT2D eigenvalue weighted by molar-refractivity contribution is 0.415. The van der Waals surface area contributed by atoms with Crippen molar-refractivity contribution in [3.05, 3.63) is 35.4 Å². The second-order valence-corrected chi connectivity index (χ2v) is 4.00. The number of likely N-dealkylation sites (N-methyl/N-ethyl adjacent to an activating group) is 1. The molecule has 1 aromatic carbocycles. The Bertz CT molecular complexity index is 325. The summed E-state index contributed by atoms with van der Waals surface area (Å²) in [7, 11) is 5.83. The molecular formula is C13H19NO. The van der Waals surface area contributed by atoms with Gasteiger partial charge < -0.3 is 9.64 Å². The molecule has 0 spiro atoms. The van der Waals surface area contributed by atoms with Crippen molar-refractivity contribution in [1.82, 2.24) is 4.90 Å². The SMILES string of the molecule is COc1ccc(C=C(C)CN(C)C)cc1. The molecule has 1 rings (SSSR count). The van der Waals surface area contributed by atoms with Crippen LogP contribution in [0.4, 0.5) is 0 Å². The van der Waals surface area contributed by atoms with Crippen LogP contribution in [0.15, 0.2) is 29.8 Å². The highest BCUT2D eigenvalue weighted by Gasteiger charge is 1.94. The Balaban J connectivity index is 2.71. The van der Waals surface area contributed by atoms with Crippen LogP contribution in [-0.4, -0.2) is 32.6 Å². The van der Waals surface area contributed by atoms with Crippen molar-refractivity contribution in [2.75, 3.05) is 27.7 Å². The van der Waals surface area contributed by atoms with Crippen molar-refractivity contribution in [3.8, 4) is 5.75 Å². The summed E-state index contributed by atoms with van der Waals surface area (Å²) in [5.74, 6) is 0.900. The van der Waals surface area contributed by atoms with Gasteiger partial charge in [-0.2, -0.15) is 0 Å². The summed E-state index contributed by atoms with van der Waals surface area (Å²) in [6.07, 6.45) is 2.19. The number of benzene rings is 1. The molecule has 0 atom stereocenters. The number of hydrogen-bond acceptors (Lipinski definition) is 2. The van der Waals surface area contributed by atoms with Crippen LogP contribution in [0.1, 0.15) is 12.5 Å². The lowest BCUT2D eigenvalue weighted by Gasteiger charge is -2.09. The van der Waals surface area contributed by atoms with Crippen LogP contribution in [-0.2, 0) is 0 Å². The molecule has 0 fully saturated rings. The van der Waals surface area contributed by atoms with Gasteiger partial charge in [-0.05, 0) is 38.7 Å². The predicted octanol–water partition coefficient (Wildman–Crippen LogP) is 2.66. The average Bonchev–Trinajstić information content (AvgIpc) is 2.17. The molecule has 0 aliphatic heterocycles. The monoisotopic (exact) mass is 205 g/mol. The molecule has 1 aromatic rings. The van der Waals surface area contributed by atoms with Gasteiger partial charge in [0.25, 0.3) is 0 Å². The van der Waals surface area contributed by atoms with Crippen molar-refractivity contribution in [3.63, 3.8) is 0 Å². The van der Waals surface area contributed by atoms with Gasteiger partial charge in [0.15, 0.2) is 0 Å². The number of rotatable bonds is 4. The van der Waals surface area contributed by atoms with E-state index in [0.29, 0.717) is 0 Å². The summed E-state index contributed by atoms with van der Waals surface area (Å²) >= 11 is 0. The number of nitrogens with zero attached hydrogens (tertiary/aromatic N) is 1. The van der Waals surface area contributed by atoms with E-state index in [4.69, 9.17) is 4.74 Å². The molecule has 0 saturated carbocycles. The molecule has 0 unspecified atom stereocenters. The second-order valence-electron chi connectivity index (χ2n) is 4.00. The molecule has 0 heterocycles. The van der Waals surface area contributed by atoms with Crippen LogP contribution >= 0.6 is 0 Å². The summed E-state index contributed by atoms with van der Waals surface area (Å²) in [6.45, 7) is 3.14. The van der Waals surface area contributed by atoms with Crippen LogP contribution in [0.5, 0.6) is 5.75 Å². The van der Waals surface area contributed by atoms with E-state index in [0.717, 1.165) is 12.3 Å². The van der Waals surface area contributed by atoms with Gasteiger partial charge >= 0.3 is 0 Å². The highest BCUT2D eigenvalue weighted by atomic mass is 16.5. The Hall–Kier alpha value is -1.28. The highest BCUT2D eigenvalue weighted by molar-refractivity contribution is 5.53. The minimum Gasteiger partial charge on any atom is -0.497 e. The molecule has 0 amide bonds. The van der Waals surface area contributed by atoms with E-state index < -0.39 is 0 Å². The average molecular weight is 205 g/mol. The fraction of sp³-hybridized carbons (Fsp3) is 0.385. The van der Waals surface area contributed by atoms with Crippen molar-refractivity contribution in [1.29, 1.82) is 0 Å². The molecule has 0 aliphatic rings. The third-order valence-electron chi connectivity index (χ3n) is 2.09. The van der Waals surface area contributed by atoms with Gasteiger partial charge in [-0.15, -0.1) is 0 Å². The fourth-order valence-corrected chi connectivity index (χ4v) is 1.53. The van der Waals surface area contributed by atoms with E-state index in [-0.39, 0.29) is 0 Å². The Labute approximate surface area is 92.2 Å². The van der Waals surface area contributed by atoms with Crippen LogP contribution in [0.3, 0.4) is 0 Å². The molecule has 0 aliphatic carbocycles. The molecule has 2 heteroatoms. The molecule has 0 N–H and O–H groups in total. The van der Waals surface area contributed by atoms with E-state index in [2.05, 4.69) is 44.1 Å². The quantitative estimate of drug-likeness (QED) is 0.749. The van der Waals surface area contributed by atoms with Crippen LogP contribution in [0, 0.1) is 0 Å². The first-order valence-corrected chi connectivity index (χ1v) is 5.08. The van der Waals surface area contributed by atoms with E-state index >= 15 is 0 Å². The maximum atomic E-state index is 5.11. The number of hydrogen-bond donors (Lipinski definition) is 0. The van der Waals surface area contributed by atoms with Crippen molar-refractivity contribution < 1.29 is 4.74 Å². The Morgan fingerprint density at radius 3 is 2.33 bits per heavy atom. The Kier molecular flexibility index (Phi) is 4.37. The number of ether oxygens (including phenoxy) is 1. The van der Waals surface area contributed by atoms with Gasteiger partial charge in [-0.3, -0.25) is 0 Å². The predicted molar refractivity (Wildman–Crippen MR) is 65.2 cm³/mol. The van der Waals surface area contributed by atoms with E-state index in [9.17, 15) is 0 Å². The summed E-state index contributed by atoms with van der Waals surface area (Å²) in [6, 6.07) is 8.10. The fourth-order valence-electron chi connectivity index (χ4n) is 1.53. The van der Waals surface area contributed by atoms with Gasteiger partial charge in [-0.1, -0.05) is 23.8 Å². The maximum Gasteiger partial charge on any atom is 0.118 e. The minimum absolute atomic E-state index is 0.900. The van der Waals surface area contributed by atoms with E-state index in [1.165, 1.54) is 11.1 Å². The molecule has 2 nitrogen and oxygen atoms in total. The van der Waals surface area contributed by atoms with Gasteiger partial charge in [0.05, 0.1) is 7.11 Å². The molecule has 15 heavy (non-hydrogen) atoms. The minimum atomic E-state index is 0.900. The molecule has 0 bridgehead atoms. The second kappa shape index (κ2) is 5.56. The van der Waals surface area contributed by atoms with Crippen molar-refractivity contribution in [2.45, 2.75) is 6.92 Å².